The number of alkyl halides is 3. The highest BCUT2D eigenvalue weighted by Crippen LogP contribution is 2.29. The van der Waals surface area contributed by atoms with Crippen molar-refractivity contribution in [3.63, 3.8) is 0 Å². The molecule has 0 spiro atoms. The standard InChI is InChI=1S/C15H22F3NO2/c1-11(2)21-10-14(20)9-19(3)8-12-5-4-6-13(7-12)15(16,17)18/h4-7,11,14,20H,8-10H2,1-3H3. The van der Waals surface area contributed by atoms with Gasteiger partial charge in [-0.05, 0) is 32.5 Å². The minimum atomic E-state index is -4.33. The Morgan fingerprint density at radius 2 is 1.95 bits per heavy atom. The Balaban J connectivity index is 2.53. The predicted octanol–water partition coefficient (Wildman–Crippen LogP) is 2.92. The number of ether oxygens (including phenoxy) is 1. The van der Waals surface area contributed by atoms with Crippen LogP contribution in [0.5, 0.6) is 0 Å². The van der Waals surface area contributed by atoms with E-state index in [4.69, 9.17) is 4.74 Å². The highest BCUT2D eigenvalue weighted by Gasteiger charge is 2.30. The fourth-order valence-corrected chi connectivity index (χ4v) is 1.94. The van der Waals surface area contributed by atoms with E-state index in [0.717, 1.165) is 12.1 Å². The van der Waals surface area contributed by atoms with Gasteiger partial charge in [-0.15, -0.1) is 0 Å². The van der Waals surface area contributed by atoms with Gasteiger partial charge in [-0.25, -0.2) is 0 Å². The molecule has 0 amide bonds. The molecule has 1 rings (SSSR count). The molecule has 0 aromatic heterocycles. The zero-order chi connectivity index (χ0) is 16.0. The second-order valence-corrected chi connectivity index (χ2v) is 5.43. The molecule has 1 atom stereocenters. The molecular weight excluding hydrogens is 283 g/mol. The molecule has 0 saturated heterocycles. The normalized spacial score (nSPS) is 14.0. The highest BCUT2D eigenvalue weighted by molar-refractivity contribution is 5.25. The fraction of sp³-hybridized carbons (Fsp3) is 0.600. The number of aliphatic hydroxyl groups excluding tert-OH is 1. The summed E-state index contributed by atoms with van der Waals surface area (Å²) in [5.41, 5.74) is -0.0959. The molecule has 1 aromatic carbocycles. The number of nitrogens with zero attached hydrogens (tertiary/aromatic N) is 1. The first-order chi connectivity index (χ1) is 9.68. The lowest BCUT2D eigenvalue weighted by Gasteiger charge is -2.21. The molecule has 0 aliphatic heterocycles. The summed E-state index contributed by atoms with van der Waals surface area (Å²) in [6.07, 6.45) is -4.96. The van der Waals surface area contributed by atoms with Gasteiger partial charge < -0.3 is 9.84 Å². The zero-order valence-corrected chi connectivity index (χ0v) is 12.5. The third-order valence-corrected chi connectivity index (χ3v) is 2.85. The van der Waals surface area contributed by atoms with Crippen LogP contribution in [0.4, 0.5) is 13.2 Å². The largest absolute Gasteiger partial charge is 0.416 e. The van der Waals surface area contributed by atoms with Crippen LogP contribution in [0, 0.1) is 0 Å². The molecule has 0 aliphatic carbocycles. The van der Waals surface area contributed by atoms with Crippen LogP contribution in [-0.4, -0.2) is 42.4 Å². The van der Waals surface area contributed by atoms with E-state index >= 15 is 0 Å². The molecule has 120 valence electrons. The van der Waals surface area contributed by atoms with E-state index in [0.29, 0.717) is 18.7 Å². The monoisotopic (exact) mass is 305 g/mol. The van der Waals surface area contributed by atoms with Crippen molar-refractivity contribution in [2.45, 2.75) is 38.8 Å². The first kappa shape index (κ1) is 17.9. The highest BCUT2D eigenvalue weighted by atomic mass is 19.4. The lowest BCUT2D eigenvalue weighted by atomic mass is 10.1. The number of aliphatic hydroxyl groups is 1. The van der Waals surface area contributed by atoms with E-state index in [1.807, 2.05) is 13.8 Å². The van der Waals surface area contributed by atoms with E-state index in [9.17, 15) is 18.3 Å². The number of halogens is 3. The lowest BCUT2D eigenvalue weighted by molar-refractivity contribution is -0.137. The van der Waals surface area contributed by atoms with Crippen molar-refractivity contribution in [3.8, 4) is 0 Å². The van der Waals surface area contributed by atoms with Crippen LogP contribution in [0.3, 0.4) is 0 Å². The number of benzene rings is 1. The SMILES string of the molecule is CC(C)OCC(O)CN(C)Cc1cccc(C(F)(F)F)c1. The summed E-state index contributed by atoms with van der Waals surface area (Å²) in [5, 5.41) is 9.78. The Bertz CT molecular complexity index is 435. The van der Waals surface area contributed by atoms with E-state index in [2.05, 4.69) is 0 Å². The lowest BCUT2D eigenvalue weighted by Crippen LogP contribution is -2.32. The van der Waals surface area contributed by atoms with Gasteiger partial charge >= 0.3 is 6.18 Å². The molecule has 1 unspecified atom stereocenters. The maximum absolute atomic E-state index is 12.6. The Morgan fingerprint density at radius 1 is 1.29 bits per heavy atom. The summed E-state index contributed by atoms with van der Waals surface area (Å²) in [5.74, 6) is 0. The molecule has 3 nitrogen and oxygen atoms in total. The minimum absolute atomic E-state index is 0.0356. The molecule has 1 aromatic rings. The molecule has 1 N–H and O–H groups in total. The average Bonchev–Trinajstić information content (AvgIpc) is 2.35. The molecule has 0 aliphatic rings. The van der Waals surface area contributed by atoms with Crippen LogP contribution in [0.2, 0.25) is 0 Å². The van der Waals surface area contributed by atoms with Crippen LogP contribution in [-0.2, 0) is 17.5 Å². The van der Waals surface area contributed by atoms with Crippen molar-refractivity contribution in [1.29, 1.82) is 0 Å². The average molecular weight is 305 g/mol. The van der Waals surface area contributed by atoms with Gasteiger partial charge in [0.2, 0.25) is 0 Å². The van der Waals surface area contributed by atoms with Gasteiger partial charge in [-0.3, -0.25) is 4.90 Å². The van der Waals surface area contributed by atoms with E-state index in [-0.39, 0.29) is 12.7 Å². The summed E-state index contributed by atoms with van der Waals surface area (Å²) >= 11 is 0. The molecule has 0 radical (unpaired) electrons. The van der Waals surface area contributed by atoms with Crippen LogP contribution in [0.25, 0.3) is 0 Å². The molecular formula is C15H22F3NO2. The van der Waals surface area contributed by atoms with Crippen molar-refractivity contribution in [1.82, 2.24) is 4.90 Å². The van der Waals surface area contributed by atoms with Crippen LogP contribution >= 0.6 is 0 Å². The third-order valence-electron chi connectivity index (χ3n) is 2.85. The summed E-state index contributed by atoms with van der Waals surface area (Å²) in [7, 11) is 1.75. The number of hydrogen-bond acceptors (Lipinski definition) is 3. The van der Waals surface area contributed by atoms with Crippen molar-refractivity contribution < 1.29 is 23.0 Å². The van der Waals surface area contributed by atoms with Gasteiger partial charge in [0, 0.05) is 13.1 Å². The van der Waals surface area contributed by atoms with Gasteiger partial charge in [0.15, 0.2) is 0 Å². The molecule has 0 saturated carbocycles. The van der Waals surface area contributed by atoms with Crippen molar-refractivity contribution >= 4 is 0 Å². The molecule has 0 bridgehead atoms. The van der Waals surface area contributed by atoms with E-state index in [1.165, 1.54) is 6.07 Å². The number of hydrogen-bond donors (Lipinski definition) is 1. The van der Waals surface area contributed by atoms with Gasteiger partial charge in [0.05, 0.1) is 24.4 Å². The third kappa shape index (κ3) is 6.93. The van der Waals surface area contributed by atoms with Gasteiger partial charge in [-0.1, -0.05) is 18.2 Å². The van der Waals surface area contributed by atoms with Crippen LogP contribution < -0.4 is 0 Å². The topological polar surface area (TPSA) is 32.7 Å². The second kappa shape index (κ2) is 7.77. The first-order valence-electron chi connectivity index (χ1n) is 6.83. The fourth-order valence-electron chi connectivity index (χ4n) is 1.94. The molecule has 0 heterocycles. The Labute approximate surface area is 123 Å². The summed E-state index contributed by atoms with van der Waals surface area (Å²) in [6, 6.07) is 5.22. The predicted molar refractivity (Wildman–Crippen MR) is 74.9 cm³/mol. The van der Waals surface area contributed by atoms with Gasteiger partial charge in [0.25, 0.3) is 0 Å². The van der Waals surface area contributed by atoms with Gasteiger partial charge in [0.1, 0.15) is 0 Å². The zero-order valence-electron chi connectivity index (χ0n) is 12.5. The Hall–Kier alpha value is -1.11. The Kier molecular flexibility index (Phi) is 6.64. The van der Waals surface area contributed by atoms with E-state index in [1.54, 1.807) is 18.0 Å². The van der Waals surface area contributed by atoms with E-state index < -0.39 is 17.8 Å². The summed E-state index contributed by atoms with van der Waals surface area (Å²) < 4.78 is 43.2. The number of rotatable bonds is 7. The Morgan fingerprint density at radius 3 is 2.52 bits per heavy atom. The number of likely N-dealkylation sites (N-methyl/N-ethyl adjacent to an activating group) is 1. The maximum atomic E-state index is 12.6. The van der Waals surface area contributed by atoms with Crippen molar-refractivity contribution in [3.05, 3.63) is 35.4 Å². The minimum Gasteiger partial charge on any atom is -0.389 e. The molecule has 0 fully saturated rings. The van der Waals surface area contributed by atoms with Crippen molar-refractivity contribution in [2.75, 3.05) is 20.2 Å². The van der Waals surface area contributed by atoms with Gasteiger partial charge in [-0.2, -0.15) is 13.2 Å². The quantitative estimate of drug-likeness (QED) is 0.841. The summed E-state index contributed by atoms with van der Waals surface area (Å²) in [6.45, 7) is 4.63. The second-order valence-electron chi connectivity index (χ2n) is 5.43. The smallest absolute Gasteiger partial charge is 0.389 e. The van der Waals surface area contributed by atoms with Crippen LogP contribution in [0.15, 0.2) is 24.3 Å². The van der Waals surface area contributed by atoms with Crippen molar-refractivity contribution in [2.24, 2.45) is 0 Å². The molecule has 6 heteroatoms. The first-order valence-corrected chi connectivity index (χ1v) is 6.83. The summed E-state index contributed by atoms with van der Waals surface area (Å²) in [4.78, 5) is 1.77. The molecule has 21 heavy (non-hydrogen) atoms. The maximum Gasteiger partial charge on any atom is 0.416 e. The van der Waals surface area contributed by atoms with Crippen LogP contribution in [0.1, 0.15) is 25.0 Å².